The van der Waals surface area contributed by atoms with Crippen LogP contribution in [-0.2, 0) is 26.2 Å². The Morgan fingerprint density at radius 3 is 2.09 bits per heavy atom. The number of sulfonamides is 1. The van der Waals surface area contributed by atoms with Crippen LogP contribution in [0.5, 0.6) is 11.5 Å². The Balaban J connectivity index is 2.09. The molecule has 3 aromatic rings. The summed E-state index contributed by atoms with van der Waals surface area (Å²) in [4.78, 5) is 28.9. The Bertz CT molecular complexity index is 1500. The summed E-state index contributed by atoms with van der Waals surface area (Å²) in [5, 5.41) is 3.51. The van der Waals surface area contributed by atoms with Crippen molar-refractivity contribution in [3.05, 3.63) is 82.9 Å². The summed E-state index contributed by atoms with van der Waals surface area (Å²) in [5.41, 5.74) is 1.98. The zero-order valence-corrected chi connectivity index (χ0v) is 27.0. The van der Waals surface area contributed by atoms with Crippen molar-refractivity contribution in [1.29, 1.82) is 0 Å². The number of ether oxygens (including phenoxy) is 2. The number of amides is 2. The van der Waals surface area contributed by atoms with Crippen LogP contribution in [0.25, 0.3) is 0 Å². The maximum atomic E-state index is 14.2. The maximum Gasteiger partial charge on any atom is 0.264 e. The minimum atomic E-state index is -4.27. The molecule has 0 aliphatic heterocycles. The summed E-state index contributed by atoms with van der Waals surface area (Å²) in [6.07, 6.45) is 1.05. The van der Waals surface area contributed by atoms with E-state index < -0.39 is 28.5 Å². The molecule has 0 saturated heterocycles. The molecule has 9 nitrogen and oxygen atoms in total. The number of rotatable bonds is 14. The van der Waals surface area contributed by atoms with Gasteiger partial charge in [0.15, 0.2) is 11.5 Å². The topological polar surface area (TPSA) is 105 Å². The number of carbonyl (C=O) groups excluding carboxylic acids is 2. The average molecular weight is 630 g/mol. The van der Waals surface area contributed by atoms with E-state index >= 15 is 0 Å². The minimum Gasteiger partial charge on any atom is -0.493 e. The Kier molecular flexibility index (Phi) is 11.9. The Hall–Kier alpha value is -3.76. The van der Waals surface area contributed by atoms with E-state index in [9.17, 15) is 18.0 Å². The van der Waals surface area contributed by atoms with Crippen LogP contribution in [0.3, 0.4) is 0 Å². The number of benzene rings is 3. The average Bonchev–Trinajstić information content (AvgIpc) is 3.00. The smallest absolute Gasteiger partial charge is 0.264 e. The summed E-state index contributed by atoms with van der Waals surface area (Å²) < 4.78 is 40.0. The fourth-order valence-electron chi connectivity index (χ4n) is 4.49. The molecule has 0 aliphatic carbocycles. The van der Waals surface area contributed by atoms with Gasteiger partial charge in [0.05, 0.1) is 24.8 Å². The van der Waals surface area contributed by atoms with Gasteiger partial charge in [0.2, 0.25) is 11.8 Å². The van der Waals surface area contributed by atoms with Crippen molar-refractivity contribution >= 4 is 39.1 Å². The number of nitrogens with one attached hydrogen (secondary N) is 1. The van der Waals surface area contributed by atoms with E-state index in [0.29, 0.717) is 22.9 Å². The molecule has 0 radical (unpaired) electrons. The minimum absolute atomic E-state index is 0.0793. The number of carbonyl (C=O) groups is 2. The fraction of sp³-hybridized carbons (Fsp3) is 0.375. The molecule has 2 atom stereocenters. The van der Waals surface area contributed by atoms with Crippen LogP contribution < -0.4 is 19.1 Å². The number of halogens is 1. The standard InChI is InChI=1S/C32H40ClN3O6S/c1-7-23(4)34-32(38)28(8-2)35(20-24-11-13-25(33)14-12-24)31(37)21-36(26-15-9-22(3)10-16-26)43(39,40)27-17-18-29(41-5)30(19-27)42-6/h9-19,23,28H,7-8,20-21H2,1-6H3,(H,34,38). The van der Waals surface area contributed by atoms with Gasteiger partial charge in [-0.05, 0) is 68.7 Å². The summed E-state index contributed by atoms with van der Waals surface area (Å²) in [5.74, 6) is -0.239. The van der Waals surface area contributed by atoms with E-state index in [1.165, 1.54) is 37.3 Å². The number of nitrogens with zero attached hydrogens (tertiary/aromatic N) is 2. The van der Waals surface area contributed by atoms with E-state index in [4.69, 9.17) is 21.1 Å². The molecule has 3 aromatic carbocycles. The van der Waals surface area contributed by atoms with E-state index in [1.807, 2.05) is 27.7 Å². The zero-order chi connectivity index (χ0) is 31.7. The van der Waals surface area contributed by atoms with Crippen molar-refractivity contribution in [3.63, 3.8) is 0 Å². The molecule has 3 rings (SSSR count). The molecule has 0 spiro atoms. The molecular formula is C32H40ClN3O6S. The second-order valence-electron chi connectivity index (χ2n) is 10.3. The number of aryl methyl sites for hydroxylation is 1. The van der Waals surface area contributed by atoms with Crippen LogP contribution in [0.2, 0.25) is 5.02 Å². The van der Waals surface area contributed by atoms with Crippen LogP contribution >= 0.6 is 11.6 Å². The zero-order valence-electron chi connectivity index (χ0n) is 25.5. The van der Waals surface area contributed by atoms with Gasteiger partial charge in [0, 0.05) is 23.7 Å². The highest BCUT2D eigenvalue weighted by atomic mass is 35.5. The third-order valence-corrected chi connectivity index (χ3v) is 9.22. The first-order valence-electron chi connectivity index (χ1n) is 14.1. The highest BCUT2D eigenvalue weighted by Crippen LogP contribution is 2.32. The van der Waals surface area contributed by atoms with Gasteiger partial charge in [-0.25, -0.2) is 8.42 Å². The predicted octanol–water partition coefficient (Wildman–Crippen LogP) is 5.58. The molecule has 2 amide bonds. The van der Waals surface area contributed by atoms with Crippen molar-refractivity contribution < 1.29 is 27.5 Å². The Labute approximate surface area is 259 Å². The third kappa shape index (κ3) is 8.42. The van der Waals surface area contributed by atoms with Crippen molar-refractivity contribution in [2.45, 2.75) is 64.1 Å². The lowest BCUT2D eigenvalue weighted by atomic mass is 10.1. The number of methoxy groups -OCH3 is 2. The Morgan fingerprint density at radius 2 is 1.53 bits per heavy atom. The molecule has 2 unspecified atom stereocenters. The first-order chi connectivity index (χ1) is 20.4. The number of anilines is 1. The Morgan fingerprint density at radius 1 is 0.907 bits per heavy atom. The molecule has 1 N–H and O–H groups in total. The second kappa shape index (κ2) is 15.1. The summed E-state index contributed by atoms with van der Waals surface area (Å²) in [7, 11) is -1.40. The van der Waals surface area contributed by atoms with Gasteiger partial charge in [0.1, 0.15) is 12.6 Å². The van der Waals surface area contributed by atoms with Crippen LogP contribution in [0, 0.1) is 6.92 Å². The van der Waals surface area contributed by atoms with E-state index in [1.54, 1.807) is 48.5 Å². The molecule has 232 valence electrons. The normalized spacial score (nSPS) is 12.6. The summed E-state index contributed by atoms with van der Waals surface area (Å²) >= 11 is 6.09. The van der Waals surface area contributed by atoms with Crippen LogP contribution in [-0.4, -0.2) is 58.0 Å². The molecule has 0 aromatic heterocycles. The highest BCUT2D eigenvalue weighted by Gasteiger charge is 2.34. The lowest BCUT2D eigenvalue weighted by molar-refractivity contribution is -0.140. The highest BCUT2D eigenvalue weighted by molar-refractivity contribution is 7.92. The molecule has 0 heterocycles. The largest absolute Gasteiger partial charge is 0.493 e. The molecule has 11 heteroatoms. The predicted molar refractivity (Wildman–Crippen MR) is 169 cm³/mol. The van der Waals surface area contributed by atoms with E-state index in [-0.39, 0.29) is 29.1 Å². The van der Waals surface area contributed by atoms with Gasteiger partial charge >= 0.3 is 0 Å². The maximum absolute atomic E-state index is 14.2. The molecule has 0 bridgehead atoms. The second-order valence-corrected chi connectivity index (χ2v) is 12.6. The van der Waals surface area contributed by atoms with Gasteiger partial charge < -0.3 is 19.7 Å². The van der Waals surface area contributed by atoms with Crippen LogP contribution in [0.1, 0.15) is 44.7 Å². The van der Waals surface area contributed by atoms with Gasteiger partial charge in [0.25, 0.3) is 10.0 Å². The van der Waals surface area contributed by atoms with Crippen molar-refractivity contribution in [1.82, 2.24) is 10.2 Å². The van der Waals surface area contributed by atoms with E-state index in [2.05, 4.69) is 5.32 Å². The van der Waals surface area contributed by atoms with Gasteiger partial charge in [-0.2, -0.15) is 0 Å². The lowest BCUT2D eigenvalue weighted by Gasteiger charge is -2.33. The SMILES string of the molecule is CCC(C)NC(=O)C(CC)N(Cc1ccc(Cl)cc1)C(=O)CN(c1ccc(C)cc1)S(=O)(=O)c1ccc(OC)c(OC)c1. The number of hydrogen-bond acceptors (Lipinski definition) is 6. The van der Waals surface area contributed by atoms with Crippen LogP contribution in [0.15, 0.2) is 71.6 Å². The van der Waals surface area contributed by atoms with Gasteiger partial charge in [-0.3, -0.25) is 13.9 Å². The lowest BCUT2D eigenvalue weighted by Crippen LogP contribution is -2.53. The fourth-order valence-corrected chi connectivity index (χ4v) is 6.05. The molecule has 0 fully saturated rings. The van der Waals surface area contributed by atoms with Crippen molar-refractivity contribution in [2.75, 3.05) is 25.1 Å². The van der Waals surface area contributed by atoms with E-state index in [0.717, 1.165) is 21.9 Å². The quantitative estimate of drug-likeness (QED) is 0.250. The monoisotopic (exact) mass is 629 g/mol. The van der Waals surface area contributed by atoms with Gasteiger partial charge in [-0.1, -0.05) is 55.3 Å². The summed E-state index contributed by atoms with van der Waals surface area (Å²) in [6.45, 7) is 7.10. The number of hydrogen-bond donors (Lipinski definition) is 1. The molecule has 43 heavy (non-hydrogen) atoms. The molecule has 0 aliphatic rings. The van der Waals surface area contributed by atoms with Crippen molar-refractivity contribution in [3.8, 4) is 11.5 Å². The van der Waals surface area contributed by atoms with Crippen molar-refractivity contribution in [2.24, 2.45) is 0 Å². The molecular weight excluding hydrogens is 590 g/mol. The van der Waals surface area contributed by atoms with Crippen LogP contribution in [0.4, 0.5) is 5.69 Å². The first-order valence-corrected chi connectivity index (χ1v) is 15.9. The third-order valence-electron chi connectivity index (χ3n) is 7.20. The first kappa shape index (κ1) is 33.7. The molecule has 0 saturated carbocycles. The summed E-state index contributed by atoms with van der Waals surface area (Å²) in [6, 6.07) is 17.2. The van der Waals surface area contributed by atoms with Gasteiger partial charge in [-0.15, -0.1) is 0 Å².